The van der Waals surface area contributed by atoms with Crippen LogP contribution in [0.4, 0.5) is 0 Å². The van der Waals surface area contributed by atoms with Gasteiger partial charge in [-0.15, -0.1) is 0 Å². The van der Waals surface area contributed by atoms with Crippen LogP contribution in [0.1, 0.15) is 10.4 Å². The van der Waals surface area contributed by atoms with Crippen LogP contribution < -0.4 is 4.74 Å². The molecule has 0 saturated heterocycles. The first-order valence-electron chi connectivity index (χ1n) is 4.64. The van der Waals surface area contributed by atoms with Crippen molar-refractivity contribution in [3.8, 4) is 5.75 Å². The number of hydrogen-bond donors (Lipinski definition) is 0. The molecule has 80 valence electrons. The highest BCUT2D eigenvalue weighted by Gasteiger charge is 2.12. The first-order valence-corrected chi connectivity index (χ1v) is 5.02. The van der Waals surface area contributed by atoms with Gasteiger partial charge in [0.2, 0.25) is 0 Å². The average molecular weight is 234 g/mol. The van der Waals surface area contributed by atoms with Crippen LogP contribution in [0.2, 0.25) is 5.02 Å². The summed E-state index contributed by atoms with van der Waals surface area (Å²) in [7, 11) is 0. The molecule has 2 rings (SSSR count). The molecule has 2 aromatic rings. The summed E-state index contributed by atoms with van der Waals surface area (Å²) >= 11 is 5.84. The van der Waals surface area contributed by atoms with E-state index in [9.17, 15) is 4.79 Å². The zero-order valence-electron chi connectivity index (χ0n) is 8.26. The Morgan fingerprint density at radius 1 is 1.19 bits per heavy atom. The van der Waals surface area contributed by atoms with Gasteiger partial charge >= 0.3 is 5.97 Å². The molecule has 0 aliphatic carbocycles. The second kappa shape index (κ2) is 4.77. The minimum absolute atomic E-state index is 0.257. The number of para-hydroxylation sites is 1. The summed E-state index contributed by atoms with van der Waals surface area (Å²) in [6.07, 6.45) is 2.90. The molecular weight excluding hydrogens is 226 g/mol. The Morgan fingerprint density at radius 3 is 2.62 bits per heavy atom. The van der Waals surface area contributed by atoms with E-state index >= 15 is 0 Å². The van der Waals surface area contributed by atoms with Crippen molar-refractivity contribution >= 4 is 17.6 Å². The number of carbonyl (C=O) groups excluding carboxylic acids is 1. The smallest absolute Gasteiger partial charge is 0.346 e. The second-order valence-corrected chi connectivity index (χ2v) is 3.47. The lowest BCUT2D eigenvalue weighted by Crippen LogP contribution is -2.09. The van der Waals surface area contributed by atoms with Crippen LogP contribution in [-0.4, -0.2) is 11.0 Å². The molecule has 3 nitrogen and oxygen atoms in total. The van der Waals surface area contributed by atoms with Crippen molar-refractivity contribution in [1.82, 2.24) is 4.98 Å². The number of halogens is 1. The van der Waals surface area contributed by atoms with E-state index in [2.05, 4.69) is 4.98 Å². The molecule has 0 aliphatic rings. The van der Waals surface area contributed by atoms with E-state index in [1.165, 1.54) is 12.4 Å². The number of nitrogens with zero attached hydrogens (tertiary/aromatic N) is 1. The summed E-state index contributed by atoms with van der Waals surface area (Å²) < 4.78 is 5.12. The van der Waals surface area contributed by atoms with Gasteiger partial charge < -0.3 is 4.74 Å². The third-order valence-electron chi connectivity index (χ3n) is 1.94. The fraction of sp³-hybridized carbons (Fsp3) is 0. The fourth-order valence-corrected chi connectivity index (χ4v) is 1.36. The summed E-state index contributed by atoms with van der Waals surface area (Å²) in [5, 5.41) is 0.330. The Balaban J connectivity index is 2.19. The topological polar surface area (TPSA) is 39.2 Å². The van der Waals surface area contributed by atoms with Crippen LogP contribution in [0.25, 0.3) is 0 Å². The zero-order chi connectivity index (χ0) is 11.4. The van der Waals surface area contributed by atoms with E-state index in [1.807, 2.05) is 6.07 Å². The Morgan fingerprint density at radius 2 is 1.94 bits per heavy atom. The van der Waals surface area contributed by atoms with Crippen molar-refractivity contribution in [3.63, 3.8) is 0 Å². The summed E-state index contributed by atoms with van der Waals surface area (Å²) in [5.41, 5.74) is 0.257. The van der Waals surface area contributed by atoms with Crippen LogP contribution in [0.3, 0.4) is 0 Å². The highest BCUT2D eigenvalue weighted by molar-refractivity contribution is 6.33. The van der Waals surface area contributed by atoms with Crippen LogP contribution >= 0.6 is 11.6 Å². The summed E-state index contributed by atoms with van der Waals surface area (Å²) in [6.45, 7) is 0. The zero-order valence-corrected chi connectivity index (χ0v) is 9.02. The number of ether oxygens (including phenoxy) is 1. The number of benzene rings is 1. The van der Waals surface area contributed by atoms with E-state index < -0.39 is 5.97 Å². The van der Waals surface area contributed by atoms with Crippen molar-refractivity contribution in [2.24, 2.45) is 0 Å². The lowest BCUT2D eigenvalue weighted by atomic mass is 10.3. The molecule has 0 spiro atoms. The van der Waals surface area contributed by atoms with Crippen molar-refractivity contribution in [3.05, 3.63) is 59.4 Å². The van der Waals surface area contributed by atoms with Crippen molar-refractivity contribution in [2.75, 3.05) is 0 Å². The quantitative estimate of drug-likeness (QED) is 0.591. The molecule has 0 saturated carbocycles. The fourth-order valence-electron chi connectivity index (χ4n) is 1.18. The summed E-state index contributed by atoms with van der Waals surface area (Å²) in [5.74, 6) is -0.0308. The standard InChI is InChI=1S/C12H8ClNO2/c13-11-6-7-14-8-10(11)12(15)16-9-4-2-1-3-5-9/h1-8H. The highest BCUT2D eigenvalue weighted by Crippen LogP contribution is 2.17. The van der Waals surface area contributed by atoms with Crippen LogP contribution in [0, 0.1) is 0 Å². The van der Waals surface area contributed by atoms with Gasteiger partial charge in [0.25, 0.3) is 0 Å². The van der Waals surface area contributed by atoms with Crippen LogP contribution in [-0.2, 0) is 0 Å². The lowest BCUT2D eigenvalue weighted by molar-refractivity contribution is 0.0734. The second-order valence-electron chi connectivity index (χ2n) is 3.06. The van der Waals surface area contributed by atoms with Gasteiger partial charge in [-0.05, 0) is 18.2 Å². The first kappa shape index (κ1) is 10.6. The molecule has 1 aromatic carbocycles. The monoisotopic (exact) mass is 233 g/mol. The highest BCUT2D eigenvalue weighted by atomic mass is 35.5. The van der Waals surface area contributed by atoms with E-state index in [0.717, 1.165) is 0 Å². The molecule has 0 atom stereocenters. The average Bonchev–Trinajstić information content (AvgIpc) is 2.31. The summed E-state index contributed by atoms with van der Waals surface area (Å²) in [4.78, 5) is 15.5. The van der Waals surface area contributed by atoms with Crippen LogP contribution in [0.5, 0.6) is 5.75 Å². The Hall–Kier alpha value is -1.87. The van der Waals surface area contributed by atoms with Gasteiger partial charge in [-0.25, -0.2) is 4.79 Å². The third-order valence-corrected chi connectivity index (χ3v) is 2.27. The van der Waals surface area contributed by atoms with Gasteiger partial charge in [0.1, 0.15) is 5.75 Å². The molecule has 1 heterocycles. The minimum Gasteiger partial charge on any atom is -0.423 e. The molecule has 0 amide bonds. The molecular formula is C12H8ClNO2. The normalized spacial score (nSPS) is 9.81. The molecule has 0 bridgehead atoms. The number of esters is 1. The maximum atomic E-state index is 11.7. The van der Waals surface area contributed by atoms with Gasteiger partial charge in [-0.1, -0.05) is 29.8 Å². The molecule has 0 aliphatic heterocycles. The van der Waals surface area contributed by atoms with Gasteiger partial charge in [0.15, 0.2) is 0 Å². The molecule has 0 N–H and O–H groups in total. The number of rotatable bonds is 2. The van der Waals surface area contributed by atoms with Gasteiger partial charge in [-0.2, -0.15) is 0 Å². The first-order chi connectivity index (χ1) is 7.77. The molecule has 16 heavy (non-hydrogen) atoms. The molecule has 0 fully saturated rings. The lowest BCUT2D eigenvalue weighted by Gasteiger charge is -2.04. The molecule has 1 aromatic heterocycles. The van der Waals surface area contributed by atoms with Gasteiger partial charge in [-0.3, -0.25) is 4.98 Å². The molecule has 0 unspecified atom stereocenters. The summed E-state index contributed by atoms with van der Waals surface area (Å²) in [6, 6.07) is 10.4. The molecule has 4 heteroatoms. The van der Waals surface area contributed by atoms with Gasteiger partial charge in [0.05, 0.1) is 10.6 Å². The number of carbonyl (C=O) groups is 1. The molecule has 0 radical (unpaired) electrons. The van der Waals surface area contributed by atoms with E-state index in [0.29, 0.717) is 10.8 Å². The predicted molar refractivity (Wildman–Crippen MR) is 60.6 cm³/mol. The Labute approximate surface area is 97.7 Å². The van der Waals surface area contributed by atoms with Crippen molar-refractivity contribution < 1.29 is 9.53 Å². The number of aromatic nitrogens is 1. The Kier molecular flexibility index (Phi) is 3.17. The minimum atomic E-state index is -0.510. The van der Waals surface area contributed by atoms with Gasteiger partial charge in [0, 0.05) is 12.4 Å². The predicted octanol–water partition coefficient (Wildman–Crippen LogP) is 2.95. The maximum absolute atomic E-state index is 11.7. The van der Waals surface area contributed by atoms with Crippen molar-refractivity contribution in [2.45, 2.75) is 0 Å². The largest absolute Gasteiger partial charge is 0.423 e. The number of pyridine rings is 1. The van der Waals surface area contributed by atoms with Crippen molar-refractivity contribution in [1.29, 1.82) is 0 Å². The third kappa shape index (κ3) is 2.38. The van der Waals surface area contributed by atoms with E-state index in [-0.39, 0.29) is 5.56 Å². The Bertz CT molecular complexity index is 499. The van der Waals surface area contributed by atoms with E-state index in [4.69, 9.17) is 16.3 Å². The number of hydrogen-bond acceptors (Lipinski definition) is 3. The maximum Gasteiger partial charge on any atom is 0.346 e. The van der Waals surface area contributed by atoms with Crippen LogP contribution in [0.15, 0.2) is 48.8 Å². The van der Waals surface area contributed by atoms with E-state index in [1.54, 1.807) is 30.3 Å². The SMILES string of the molecule is O=C(Oc1ccccc1)c1cnccc1Cl.